The zero-order valence-electron chi connectivity index (χ0n) is 9.47. The summed E-state index contributed by atoms with van der Waals surface area (Å²) < 4.78 is 31.1. The van der Waals surface area contributed by atoms with Gasteiger partial charge in [-0.25, -0.2) is 0 Å². The van der Waals surface area contributed by atoms with Gasteiger partial charge >= 0.3 is 5.97 Å². The second-order valence-corrected chi connectivity index (χ2v) is 5.07. The fraction of sp³-hybridized carbons (Fsp3) is 0.875. The Balaban J connectivity index is 3.94. The number of carboxylic acid groups (broad SMARTS) is 1. The molecule has 0 amide bonds. The molecule has 0 rings (SSSR count). The van der Waals surface area contributed by atoms with Gasteiger partial charge in [0.1, 0.15) is 0 Å². The van der Waals surface area contributed by atoms with Crippen LogP contribution in [0.3, 0.4) is 0 Å². The summed E-state index contributed by atoms with van der Waals surface area (Å²) in [5, 5.41) is 8.40. The molecule has 0 aromatic carbocycles. The van der Waals surface area contributed by atoms with Gasteiger partial charge in [-0.05, 0) is 6.42 Å². The highest BCUT2D eigenvalue weighted by molar-refractivity contribution is 7.87. The molecule has 2 N–H and O–H groups in total. The molecule has 0 aromatic rings. The van der Waals surface area contributed by atoms with Crippen LogP contribution in [0.25, 0.3) is 0 Å². The van der Waals surface area contributed by atoms with Crippen LogP contribution in [0.1, 0.15) is 12.8 Å². The average molecular weight is 254 g/mol. The summed E-state index contributed by atoms with van der Waals surface area (Å²) in [6.45, 7) is 0.666. The van der Waals surface area contributed by atoms with Gasteiger partial charge in [0, 0.05) is 33.7 Å². The average Bonchev–Trinajstić information content (AvgIpc) is 2.17. The van der Waals surface area contributed by atoms with Crippen molar-refractivity contribution in [3.8, 4) is 0 Å². The summed E-state index contributed by atoms with van der Waals surface area (Å²) in [6.07, 6.45) is 0.245. The number of rotatable bonds is 9. The van der Waals surface area contributed by atoms with Gasteiger partial charge in [-0.1, -0.05) is 0 Å². The van der Waals surface area contributed by atoms with Crippen molar-refractivity contribution in [2.45, 2.75) is 12.8 Å². The predicted molar refractivity (Wildman–Crippen MR) is 58.3 cm³/mol. The first kappa shape index (κ1) is 15.3. The Kier molecular flexibility index (Phi) is 7.22. The van der Waals surface area contributed by atoms with Crippen LogP contribution in [0.4, 0.5) is 0 Å². The number of hydrogen-bond donors (Lipinski definition) is 2. The van der Waals surface area contributed by atoms with Gasteiger partial charge < -0.3 is 9.84 Å². The zero-order chi connectivity index (χ0) is 12.6. The third kappa shape index (κ3) is 6.72. The minimum atomic E-state index is -3.52. The summed E-state index contributed by atoms with van der Waals surface area (Å²) in [6, 6.07) is 0. The fourth-order valence-corrected chi connectivity index (χ4v) is 1.89. The highest BCUT2D eigenvalue weighted by Crippen LogP contribution is 1.98. The van der Waals surface area contributed by atoms with Crippen LogP contribution in [-0.4, -0.2) is 57.7 Å². The van der Waals surface area contributed by atoms with Crippen molar-refractivity contribution in [2.75, 3.05) is 33.9 Å². The topological polar surface area (TPSA) is 95.9 Å². The maximum atomic E-state index is 11.5. The lowest BCUT2D eigenvalue weighted by atomic mass is 10.3. The highest BCUT2D eigenvalue weighted by Gasteiger charge is 2.16. The number of nitrogens with one attached hydrogen (secondary N) is 1. The first-order valence-electron chi connectivity index (χ1n) is 4.82. The maximum absolute atomic E-state index is 11.5. The third-order valence-electron chi connectivity index (χ3n) is 1.86. The fourth-order valence-electron chi connectivity index (χ4n) is 0.956. The number of hydrogen-bond acceptors (Lipinski definition) is 4. The molecule has 0 fully saturated rings. The lowest BCUT2D eigenvalue weighted by molar-refractivity contribution is -0.137. The number of carbonyl (C=O) groups is 1. The smallest absolute Gasteiger partial charge is 0.303 e. The molecular weight excluding hydrogens is 236 g/mol. The Hall–Kier alpha value is -0.700. The van der Waals surface area contributed by atoms with Gasteiger partial charge in [-0.2, -0.15) is 17.4 Å². The normalized spacial score (nSPS) is 11.9. The third-order valence-corrected chi connectivity index (χ3v) is 3.44. The molecule has 0 bridgehead atoms. The van der Waals surface area contributed by atoms with E-state index in [4.69, 9.17) is 9.84 Å². The van der Waals surface area contributed by atoms with E-state index in [0.717, 1.165) is 4.31 Å². The molecule has 8 heteroatoms. The van der Waals surface area contributed by atoms with Gasteiger partial charge in [0.15, 0.2) is 0 Å². The van der Waals surface area contributed by atoms with E-state index in [1.807, 2.05) is 0 Å². The Morgan fingerprint density at radius 1 is 1.50 bits per heavy atom. The highest BCUT2D eigenvalue weighted by atomic mass is 32.2. The Morgan fingerprint density at radius 2 is 2.12 bits per heavy atom. The molecule has 0 aliphatic carbocycles. The van der Waals surface area contributed by atoms with Crippen molar-refractivity contribution in [2.24, 2.45) is 0 Å². The molecule has 0 aliphatic rings. The SMILES string of the molecule is COCCNS(=O)(=O)N(C)CCCC(=O)O. The van der Waals surface area contributed by atoms with Gasteiger partial charge in [0.25, 0.3) is 10.2 Å². The van der Waals surface area contributed by atoms with E-state index in [1.54, 1.807) is 0 Å². The van der Waals surface area contributed by atoms with E-state index >= 15 is 0 Å². The van der Waals surface area contributed by atoms with E-state index in [-0.39, 0.29) is 25.9 Å². The standard InChI is InChI=1S/C8H18N2O5S/c1-10(6-3-4-8(11)12)16(13,14)9-5-7-15-2/h9H,3-7H2,1-2H3,(H,11,12). The van der Waals surface area contributed by atoms with E-state index in [1.165, 1.54) is 14.2 Å². The van der Waals surface area contributed by atoms with Crippen LogP contribution in [0, 0.1) is 0 Å². The minimum absolute atomic E-state index is 0.0437. The van der Waals surface area contributed by atoms with Gasteiger partial charge in [-0.15, -0.1) is 0 Å². The molecule has 0 heterocycles. The summed E-state index contributed by atoms with van der Waals surface area (Å²) in [5.41, 5.74) is 0. The van der Waals surface area contributed by atoms with Crippen LogP contribution >= 0.6 is 0 Å². The van der Waals surface area contributed by atoms with E-state index < -0.39 is 16.2 Å². The lowest BCUT2D eigenvalue weighted by Gasteiger charge is -2.16. The monoisotopic (exact) mass is 254 g/mol. The van der Waals surface area contributed by atoms with Crippen LogP contribution in [0.5, 0.6) is 0 Å². The van der Waals surface area contributed by atoms with Crippen molar-refractivity contribution in [3.05, 3.63) is 0 Å². The summed E-state index contributed by atoms with van der Waals surface area (Å²) >= 11 is 0. The lowest BCUT2D eigenvalue weighted by Crippen LogP contribution is -2.40. The molecule has 7 nitrogen and oxygen atoms in total. The molecule has 0 unspecified atom stereocenters. The predicted octanol–water partition coefficient (Wildman–Crippen LogP) is -0.736. The quantitative estimate of drug-likeness (QED) is 0.528. The molecule has 0 atom stereocenters. The summed E-state index contributed by atoms with van der Waals surface area (Å²) in [7, 11) is -0.643. The Bertz CT molecular complexity index is 304. The molecule has 0 aliphatic heterocycles. The van der Waals surface area contributed by atoms with Crippen LogP contribution in [0.2, 0.25) is 0 Å². The van der Waals surface area contributed by atoms with E-state index in [2.05, 4.69) is 4.72 Å². The number of methoxy groups -OCH3 is 1. The zero-order valence-corrected chi connectivity index (χ0v) is 10.3. The van der Waals surface area contributed by atoms with Gasteiger partial charge in [-0.3, -0.25) is 4.79 Å². The van der Waals surface area contributed by atoms with Crippen LogP contribution < -0.4 is 4.72 Å². The second-order valence-electron chi connectivity index (χ2n) is 3.21. The minimum Gasteiger partial charge on any atom is -0.481 e. The van der Waals surface area contributed by atoms with Crippen molar-refractivity contribution in [1.82, 2.24) is 9.03 Å². The Morgan fingerprint density at radius 3 is 2.62 bits per heavy atom. The van der Waals surface area contributed by atoms with Crippen molar-refractivity contribution >= 4 is 16.2 Å². The van der Waals surface area contributed by atoms with Crippen molar-refractivity contribution in [3.63, 3.8) is 0 Å². The number of aliphatic carboxylic acids is 1. The molecule has 0 radical (unpaired) electrons. The van der Waals surface area contributed by atoms with Crippen LogP contribution in [0.15, 0.2) is 0 Å². The van der Waals surface area contributed by atoms with Crippen molar-refractivity contribution < 1.29 is 23.1 Å². The first-order valence-corrected chi connectivity index (χ1v) is 6.26. The number of carboxylic acids is 1. The molecular formula is C8H18N2O5S. The number of ether oxygens (including phenoxy) is 1. The molecule has 0 aromatic heterocycles. The van der Waals surface area contributed by atoms with Crippen LogP contribution in [-0.2, 0) is 19.7 Å². The Labute approximate surface area is 95.6 Å². The van der Waals surface area contributed by atoms with Crippen molar-refractivity contribution in [1.29, 1.82) is 0 Å². The largest absolute Gasteiger partial charge is 0.481 e. The molecule has 96 valence electrons. The van der Waals surface area contributed by atoms with Gasteiger partial charge in [0.05, 0.1) is 6.61 Å². The molecule has 0 spiro atoms. The molecule has 0 saturated carbocycles. The van der Waals surface area contributed by atoms with E-state index in [0.29, 0.717) is 6.61 Å². The summed E-state index contributed by atoms with van der Waals surface area (Å²) in [4.78, 5) is 10.2. The van der Waals surface area contributed by atoms with E-state index in [9.17, 15) is 13.2 Å². The summed E-state index contributed by atoms with van der Waals surface area (Å²) in [5.74, 6) is -0.932. The maximum Gasteiger partial charge on any atom is 0.303 e. The first-order chi connectivity index (χ1) is 7.40. The molecule has 0 saturated heterocycles. The second kappa shape index (κ2) is 7.55. The number of nitrogens with zero attached hydrogens (tertiary/aromatic N) is 1. The molecule has 16 heavy (non-hydrogen) atoms. The van der Waals surface area contributed by atoms with Gasteiger partial charge in [0.2, 0.25) is 0 Å².